The predicted octanol–water partition coefficient (Wildman–Crippen LogP) is 2.62. The van der Waals surface area contributed by atoms with Crippen LogP contribution in [0.15, 0.2) is 12.3 Å². The van der Waals surface area contributed by atoms with Crippen LogP contribution in [0.5, 0.6) is 0 Å². The van der Waals surface area contributed by atoms with E-state index in [1.165, 1.54) is 6.20 Å². The van der Waals surface area contributed by atoms with Gasteiger partial charge in [-0.1, -0.05) is 11.6 Å². The summed E-state index contributed by atoms with van der Waals surface area (Å²) in [5, 5.41) is 17.2. The van der Waals surface area contributed by atoms with Crippen LogP contribution in [-0.4, -0.2) is 50.1 Å². The second-order valence-electron chi connectivity index (χ2n) is 7.63. The SMILES string of the molecule is Cc1cc(C)n2nc(CCCNC(=O)c3nc(N4CCCC4)ncc3Cl)c(C#N)c2n1. The average Bonchev–Trinajstić information content (AvgIpc) is 3.39. The number of aromatic nitrogens is 5. The molecule has 4 rings (SSSR count). The van der Waals surface area contributed by atoms with Crippen LogP contribution >= 0.6 is 11.6 Å². The maximum Gasteiger partial charge on any atom is 0.271 e. The number of hydrogen-bond acceptors (Lipinski definition) is 7. The second-order valence-corrected chi connectivity index (χ2v) is 8.04. The van der Waals surface area contributed by atoms with Gasteiger partial charge < -0.3 is 10.2 Å². The quantitative estimate of drug-likeness (QED) is 0.588. The zero-order valence-electron chi connectivity index (χ0n) is 17.5. The number of anilines is 1. The molecule has 1 fully saturated rings. The van der Waals surface area contributed by atoms with Gasteiger partial charge in [0.1, 0.15) is 11.6 Å². The van der Waals surface area contributed by atoms with E-state index in [1.807, 2.05) is 19.9 Å². The molecular weight excluding hydrogens is 416 g/mol. The number of hydrogen-bond donors (Lipinski definition) is 1. The van der Waals surface area contributed by atoms with Gasteiger partial charge in [0.2, 0.25) is 5.95 Å². The smallest absolute Gasteiger partial charge is 0.271 e. The minimum atomic E-state index is -0.337. The van der Waals surface area contributed by atoms with Crippen LogP contribution in [0.2, 0.25) is 5.02 Å². The summed E-state index contributed by atoms with van der Waals surface area (Å²) in [5.74, 6) is 0.199. The third-order valence-electron chi connectivity index (χ3n) is 5.29. The van der Waals surface area contributed by atoms with Gasteiger partial charge in [-0.25, -0.2) is 19.5 Å². The first-order valence-corrected chi connectivity index (χ1v) is 10.7. The molecule has 0 atom stereocenters. The van der Waals surface area contributed by atoms with Crippen LogP contribution in [0.3, 0.4) is 0 Å². The fourth-order valence-electron chi connectivity index (χ4n) is 3.78. The topological polar surface area (TPSA) is 112 Å². The number of carbonyl (C=O) groups excluding carboxylic acids is 1. The number of nitrogens with one attached hydrogen (secondary N) is 1. The maximum absolute atomic E-state index is 12.6. The van der Waals surface area contributed by atoms with Crippen LogP contribution in [-0.2, 0) is 6.42 Å². The lowest BCUT2D eigenvalue weighted by molar-refractivity contribution is 0.0948. The van der Waals surface area contributed by atoms with E-state index in [0.29, 0.717) is 42.2 Å². The van der Waals surface area contributed by atoms with Gasteiger partial charge in [-0.3, -0.25) is 4.79 Å². The molecule has 1 N–H and O–H groups in total. The van der Waals surface area contributed by atoms with Crippen molar-refractivity contribution in [3.05, 3.63) is 45.6 Å². The number of halogens is 1. The molecule has 0 bridgehead atoms. The molecule has 0 saturated carbocycles. The van der Waals surface area contributed by atoms with Gasteiger partial charge in [-0.15, -0.1) is 0 Å². The predicted molar refractivity (Wildman–Crippen MR) is 116 cm³/mol. The molecule has 1 aliphatic heterocycles. The van der Waals surface area contributed by atoms with Gasteiger partial charge in [0.05, 0.1) is 16.9 Å². The van der Waals surface area contributed by atoms with Gasteiger partial charge in [0.25, 0.3) is 5.91 Å². The van der Waals surface area contributed by atoms with Gasteiger partial charge in [0.15, 0.2) is 11.3 Å². The molecule has 0 aliphatic carbocycles. The van der Waals surface area contributed by atoms with Crippen molar-refractivity contribution in [1.82, 2.24) is 29.9 Å². The first-order valence-electron chi connectivity index (χ1n) is 10.3. The highest BCUT2D eigenvalue weighted by atomic mass is 35.5. The summed E-state index contributed by atoms with van der Waals surface area (Å²) < 4.78 is 1.69. The number of carbonyl (C=O) groups is 1. The molecule has 4 heterocycles. The number of amides is 1. The Bertz CT molecular complexity index is 1180. The number of rotatable bonds is 6. The fourth-order valence-corrected chi connectivity index (χ4v) is 3.96. The summed E-state index contributed by atoms with van der Waals surface area (Å²) in [6.45, 7) is 6.00. The summed E-state index contributed by atoms with van der Waals surface area (Å²) in [6.07, 6.45) is 4.82. The molecule has 0 unspecified atom stereocenters. The number of nitrogens with zero attached hydrogens (tertiary/aromatic N) is 7. The van der Waals surface area contributed by atoms with E-state index >= 15 is 0 Å². The maximum atomic E-state index is 12.6. The Kier molecular flexibility index (Phi) is 6.00. The third-order valence-corrected chi connectivity index (χ3v) is 5.57. The van der Waals surface area contributed by atoms with Crippen LogP contribution < -0.4 is 10.2 Å². The van der Waals surface area contributed by atoms with Crippen molar-refractivity contribution in [2.24, 2.45) is 0 Å². The van der Waals surface area contributed by atoms with E-state index in [2.05, 4.69) is 36.3 Å². The number of nitriles is 1. The van der Waals surface area contributed by atoms with Crippen molar-refractivity contribution in [2.45, 2.75) is 39.5 Å². The standard InChI is InChI=1S/C21H23ClN8O/c1-13-10-14(2)30-19(26-13)15(11-23)17(28-30)6-5-7-24-20(31)18-16(22)12-25-21(27-18)29-8-3-4-9-29/h10,12H,3-9H2,1-2H3,(H,24,31). The van der Waals surface area contributed by atoms with Gasteiger partial charge in [-0.05, 0) is 45.6 Å². The Labute approximate surface area is 185 Å². The Balaban J connectivity index is 1.40. The Morgan fingerprint density at radius 3 is 2.81 bits per heavy atom. The van der Waals surface area contributed by atoms with Crippen LogP contribution in [0.1, 0.15) is 52.4 Å². The van der Waals surface area contributed by atoms with Gasteiger partial charge in [0, 0.05) is 31.0 Å². The van der Waals surface area contributed by atoms with E-state index in [9.17, 15) is 10.1 Å². The van der Waals surface area contributed by atoms with Crippen LogP contribution in [0.25, 0.3) is 5.65 Å². The molecular formula is C21H23ClN8O. The highest BCUT2D eigenvalue weighted by Crippen LogP contribution is 2.20. The molecule has 9 nitrogen and oxygen atoms in total. The lowest BCUT2D eigenvalue weighted by Crippen LogP contribution is -2.28. The first-order chi connectivity index (χ1) is 15.0. The van der Waals surface area contributed by atoms with Crippen molar-refractivity contribution in [2.75, 3.05) is 24.5 Å². The monoisotopic (exact) mass is 438 g/mol. The number of fused-ring (bicyclic) bond motifs is 1. The van der Waals surface area contributed by atoms with Gasteiger partial charge >= 0.3 is 0 Å². The minimum Gasteiger partial charge on any atom is -0.351 e. The molecule has 1 aliphatic rings. The Morgan fingerprint density at radius 2 is 2.06 bits per heavy atom. The van der Waals surface area contributed by atoms with Crippen molar-refractivity contribution in [1.29, 1.82) is 5.26 Å². The molecule has 1 amide bonds. The van der Waals surface area contributed by atoms with E-state index < -0.39 is 0 Å². The lowest BCUT2D eigenvalue weighted by Gasteiger charge is -2.15. The van der Waals surface area contributed by atoms with E-state index in [1.54, 1.807) is 4.52 Å². The Morgan fingerprint density at radius 1 is 1.29 bits per heavy atom. The normalized spacial score (nSPS) is 13.5. The number of aryl methyl sites for hydroxylation is 3. The molecule has 31 heavy (non-hydrogen) atoms. The molecule has 3 aromatic heterocycles. The molecule has 0 aromatic carbocycles. The second kappa shape index (κ2) is 8.86. The lowest BCUT2D eigenvalue weighted by atomic mass is 10.1. The van der Waals surface area contributed by atoms with Crippen molar-refractivity contribution in [3.8, 4) is 6.07 Å². The molecule has 1 saturated heterocycles. The van der Waals surface area contributed by atoms with E-state index in [0.717, 1.165) is 37.3 Å². The molecule has 160 valence electrons. The minimum absolute atomic E-state index is 0.180. The third kappa shape index (κ3) is 4.30. The summed E-state index contributed by atoms with van der Waals surface area (Å²) in [4.78, 5) is 27.7. The average molecular weight is 439 g/mol. The van der Waals surface area contributed by atoms with Crippen LogP contribution in [0, 0.1) is 25.2 Å². The highest BCUT2D eigenvalue weighted by molar-refractivity contribution is 6.33. The zero-order valence-corrected chi connectivity index (χ0v) is 18.3. The molecule has 3 aromatic rings. The van der Waals surface area contributed by atoms with Gasteiger partial charge in [-0.2, -0.15) is 10.4 Å². The summed E-state index contributed by atoms with van der Waals surface area (Å²) >= 11 is 6.16. The van der Waals surface area contributed by atoms with Crippen molar-refractivity contribution >= 4 is 29.1 Å². The summed E-state index contributed by atoms with van der Waals surface area (Å²) in [6, 6.07) is 4.14. The molecule has 0 radical (unpaired) electrons. The fraction of sp³-hybridized carbons (Fsp3) is 0.429. The zero-order chi connectivity index (χ0) is 22.0. The molecule has 0 spiro atoms. The van der Waals surface area contributed by atoms with Crippen molar-refractivity contribution in [3.63, 3.8) is 0 Å². The largest absolute Gasteiger partial charge is 0.351 e. The molecule has 10 heteroatoms. The summed E-state index contributed by atoms with van der Waals surface area (Å²) in [7, 11) is 0. The van der Waals surface area contributed by atoms with E-state index in [4.69, 9.17) is 11.6 Å². The van der Waals surface area contributed by atoms with Crippen molar-refractivity contribution < 1.29 is 4.79 Å². The Hall–Kier alpha value is -3.25. The summed E-state index contributed by atoms with van der Waals surface area (Å²) in [5.41, 5.74) is 3.67. The van der Waals surface area contributed by atoms with Crippen LogP contribution in [0.4, 0.5) is 5.95 Å². The first kappa shape index (κ1) is 21.0. The van der Waals surface area contributed by atoms with E-state index in [-0.39, 0.29) is 16.6 Å². The highest BCUT2D eigenvalue weighted by Gasteiger charge is 2.20.